The molecule has 0 spiro atoms. The quantitative estimate of drug-likeness (QED) is 0.519. The fourth-order valence-electron chi connectivity index (χ4n) is 1.15. The van der Waals surface area contributed by atoms with Gasteiger partial charge in [-0.05, 0) is 0 Å². The van der Waals surface area contributed by atoms with Crippen LogP contribution in [0, 0.1) is 0 Å². The average Bonchev–Trinajstić information content (AvgIpc) is 2.62. The maximum absolute atomic E-state index is 13.2. The Labute approximate surface area is 123 Å². The average molecular weight is 406 g/mol. The molecule has 17 heteroatoms. The van der Waals surface area contributed by atoms with Crippen LogP contribution in [0.5, 0.6) is 0 Å². The Hall–Kier alpha value is -1.52. The number of halogens is 11. The lowest BCUT2D eigenvalue weighted by Gasteiger charge is -2.29. The fourth-order valence-corrected chi connectivity index (χ4v) is 1.48. The zero-order valence-corrected chi connectivity index (χ0v) is 11.0. The highest BCUT2D eigenvalue weighted by molar-refractivity contribution is 7.87. The van der Waals surface area contributed by atoms with Crippen LogP contribution in [0.1, 0.15) is 0 Å². The third kappa shape index (κ3) is 3.45. The largest absolute Gasteiger partial charge is 0.464 e. The first kappa shape index (κ1) is 20.5. The molecule has 0 N–H and O–H groups in total. The van der Waals surface area contributed by atoms with Gasteiger partial charge in [-0.25, -0.2) is 4.74 Å². The van der Waals surface area contributed by atoms with E-state index in [1.54, 1.807) is 0 Å². The fraction of sp³-hybridized carbons (Fsp3) is 0.714. The summed E-state index contributed by atoms with van der Waals surface area (Å²) in [6, 6.07) is 0. The minimum absolute atomic E-state index is 1.98. The molecule has 0 aromatic heterocycles. The first-order chi connectivity index (χ1) is 10.4. The summed E-state index contributed by atoms with van der Waals surface area (Å²) < 4.78 is 166. The van der Waals surface area contributed by atoms with Gasteiger partial charge in [-0.15, -0.1) is 0 Å². The zero-order valence-electron chi connectivity index (χ0n) is 10.2. The van der Waals surface area contributed by atoms with Gasteiger partial charge in [0.15, 0.2) is 0 Å². The lowest BCUT2D eigenvalue weighted by Crippen LogP contribution is -2.56. The summed E-state index contributed by atoms with van der Waals surface area (Å²) in [5.41, 5.74) is 0. The number of rotatable bonds is 5. The van der Waals surface area contributed by atoms with E-state index in [4.69, 9.17) is 0 Å². The summed E-state index contributed by atoms with van der Waals surface area (Å²) in [5.74, 6) is -2.55. The standard InChI is InChI=1S/C7HF11O5S/c8-1(9)2-21-3(4(10,11)22-2)5(12,13)23-6(14,15)7(16,17)24(18,19)20/h3H. The van der Waals surface area contributed by atoms with Gasteiger partial charge in [0, 0.05) is 0 Å². The summed E-state index contributed by atoms with van der Waals surface area (Å²) in [6.07, 6.45) is -26.3. The molecule has 0 bridgehead atoms. The molecule has 0 aliphatic carbocycles. The molecule has 1 aliphatic rings. The normalized spacial score (nSPS) is 22.1. The van der Waals surface area contributed by atoms with Crippen molar-refractivity contribution in [2.24, 2.45) is 0 Å². The van der Waals surface area contributed by atoms with Gasteiger partial charge in [-0.1, -0.05) is 3.89 Å². The Morgan fingerprint density at radius 3 is 1.88 bits per heavy atom. The molecular formula is C7HF11O5S. The smallest absolute Gasteiger partial charge is 0.438 e. The summed E-state index contributed by atoms with van der Waals surface area (Å²) in [6.45, 7) is 0. The SMILES string of the molecule is O=S(=O)(F)C(F)(F)C(F)(F)OC(F)(F)C1OC(=C(F)F)OC1(F)F. The minimum Gasteiger partial charge on any atom is -0.438 e. The molecule has 1 unspecified atom stereocenters. The van der Waals surface area contributed by atoms with Crippen molar-refractivity contribution in [1.29, 1.82) is 0 Å². The van der Waals surface area contributed by atoms with Crippen molar-refractivity contribution < 1.29 is 70.4 Å². The van der Waals surface area contributed by atoms with Crippen LogP contribution in [0.2, 0.25) is 0 Å². The van der Waals surface area contributed by atoms with E-state index < -0.39 is 51.9 Å². The van der Waals surface area contributed by atoms with E-state index in [1.165, 1.54) is 0 Å². The molecule has 1 heterocycles. The topological polar surface area (TPSA) is 61.8 Å². The zero-order chi connectivity index (χ0) is 19.4. The highest BCUT2D eigenvalue weighted by Crippen LogP contribution is 2.49. The van der Waals surface area contributed by atoms with Crippen LogP contribution in [0.25, 0.3) is 0 Å². The second-order valence-electron chi connectivity index (χ2n) is 3.84. The van der Waals surface area contributed by atoms with Gasteiger partial charge in [-0.2, -0.15) is 52.3 Å². The van der Waals surface area contributed by atoms with Crippen molar-refractivity contribution in [1.82, 2.24) is 0 Å². The highest BCUT2D eigenvalue weighted by atomic mass is 32.3. The van der Waals surface area contributed by atoms with Gasteiger partial charge in [0.05, 0.1) is 0 Å². The molecule has 0 amide bonds. The van der Waals surface area contributed by atoms with Gasteiger partial charge >= 0.3 is 45.8 Å². The Bertz CT molecular complexity index is 637. The van der Waals surface area contributed by atoms with Crippen molar-refractivity contribution in [2.75, 3.05) is 0 Å². The molecule has 5 nitrogen and oxygen atoms in total. The molecule has 1 aliphatic heterocycles. The van der Waals surface area contributed by atoms with Crippen LogP contribution in [0.15, 0.2) is 12.0 Å². The second kappa shape index (κ2) is 5.50. The van der Waals surface area contributed by atoms with E-state index in [1.807, 2.05) is 4.74 Å². The van der Waals surface area contributed by atoms with Gasteiger partial charge in [-0.3, -0.25) is 0 Å². The van der Waals surface area contributed by atoms with Gasteiger partial charge in [0.25, 0.3) is 6.10 Å². The maximum atomic E-state index is 13.2. The monoisotopic (exact) mass is 406 g/mol. The van der Waals surface area contributed by atoms with Gasteiger partial charge in [0.2, 0.25) is 0 Å². The Balaban J connectivity index is 3.20. The van der Waals surface area contributed by atoms with Crippen LogP contribution in [-0.4, -0.2) is 38.1 Å². The lowest BCUT2D eigenvalue weighted by molar-refractivity contribution is -0.443. The van der Waals surface area contributed by atoms with Crippen LogP contribution in [0.3, 0.4) is 0 Å². The Morgan fingerprint density at radius 1 is 1.08 bits per heavy atom. The van der Waals surface area contributed by atoms with E-state index in [2.05, 4.69) is 9.47 Å². The summed E-state index contributed by atoms with van der Waals surface area (Å²) >= 11 is 0. The summed E-state index contributed by atoms with van der Waals surface area (Å²) in [4.78, 5) is 0. The molecule has 0 radical (unpaired) electrons. The van der Waals surface area contributed by atoms with Gasteiger partial charge < -0.3 is 9.47 Å². The Kier molecular flexibility index (Phi) is 4.70. The van der Waals surface area contributed by atoms with E-state index in [9.17, 15) is 56.2 Å². The maximum Gasteiger partial charge on any atom is 0.464 e. The van der Waals surface area contributed by atoms with Crippen molar-refractivity contribution in [2.45, 2.75) is 29.7 Å². The molecule has 142 valence electrons. The third-order valence-corrected chi connectivity index (χ3v) is 2.98. The molecule has 1 fully saturated rings. The molecular weight excluding hydrogens is 405 g/mol. The highest BCUT2D eigenvalue weighted by Gasteiger charge is 2.75. The van der Waals surface area contributed by atoms with Crippen molar-refractivity contribution in [3.8, 4) is 0 Å². The Morgan fingerprint density at radius 2 is 1.54 bits per heavy atom. The molecule has 24 heavy (non-hydrogen) atoms. The molecule has 0 aromatic rings. The lowest BCUT2D eigenvalue weighted by atomic mass is 10.3. The molecule has 1 saturated heterocycles. The number of ether oxygens (including phenoxy) is 3. The number of alkyl halides is 8. The third-order valence-electron chi connectivity index (χ3n) is 2.13. The minimum atomic E-state index is -7.54. The molecule has 1 atom stereocenters. The van der Waals surface area contributed by atoms with Crippen LogP contribution >= 0.6 is 0 Å². The second-order valence-corrected chi connectivity index (χ2v) is 5.23. The van der Waals surface area contributed by atoms with Crippen LogP contribution in [0.4, 0.5) is 47.8 Å². The predicted molar refractivity (Wildman–Crippen MR) is 46.1 cm³/mol. The van der Waals surface area contributed by atoms with E-state index in [-0.39, 0.29) is 0 Å². The van der Waals surface area contributed by atoms with Crippen LogP contribution < -0.4 is 0 Å². The van der Waals surface area contributed by atoms with E-state index in [0.717, 1.165) is 0 Å². The molecule has 0 saturated carbocycles. The predicted octanol–water partition coefficient (Wildman–Crippen LogP) is 3.15. The van der Waals surface area contributed by atoms with E-state index in [0.29, 0.717) is 0 Å². The first-order valence-electron chi connectivity index (χ1n) is 4.92. The van der Waals surface area contributed by atoms with E-state index >= 15 is 0 Å². The van der Waals surface area contributed by atoms with Gasteiger partial charge in [0.1, 0.15) is 0 Å². The van der Waals surface area contributed by atoms with Crippen molar-refractivity contribution in [3.05, 3.63) is 12.0 Å². The summed E-state index contributed by atoms with van der Waals surface area (Å²) in [5, 5.41) is -6.93. The molecule has 1 rings (SSSR count). The molecule has 0 aromatic carbocycles. The number of hydrogen-bond acceptors (Lipinski definition) is 5. The van der Waals surface area contributed by atoms with Crippen molar-refractivity contribution >= 4 is 10.2 Å². The number of hydrogen-bond donors (Lipinski definition) is 0. The first-order valence-corrected chi connectivity index (χ1v) is 6.30. The van der Waals surface area contributed by atoms with Crippen LogP contribution in [-0.2, 0) is 24.4 Å². The van der Waals surface area contributed by atoms with Crippen molar-refractivity contribution in [3.63, 3.8) is 0 Å². The summed E-state index contributed by atoms with van der Waals surface area (Å²) in [7, 11) is -7.54.